The lowest BCUT2D eigenvalue weighted by Crippen LogP contribution is -1.92. The number of hydrogen-bond donors (Lipinski definition) is 1. The molecule has 2 aromatic carbocycles. The number of para-hydroxylation sites is 1. The van der Waals surface area contributed by atoms with Crippen molar-refractivity contribution in [1.82, 2.24) is 4.98 Å². The van der Waals surface area contributed by atoms with E-state index in [9.17, 15) is 0 Å². The van der Waals surface area contributed by atoms with Crippen LogP contribution in [0.25, 0.3) is 10.8 Å². The lowest BCUT2D eigenvalue weighted by Gasteiger charge is -2.10. The molecule has 3 heteroatoms. The highest BCUT2D eigenvalue weighted by atomic mass is 16.5. The lowest BCUT2D eigenvalue weighted by atomic mass is 10.1. The second kappa shape index (κ2) is 4.61. The van der Waals surface area contributed by atoms with Gasteiger partial charge in [0.15, 0.2) is 0 Å². The molecule has 0 saturated heterocycles. The van der Waals surface area contributed by atoms with E-state index in [-0.39, 0.29) is 0 Å². The third-order valence-corrected chi connectivity index (χ3v) is 3.00. The van der Waals surface area contributed by atoms with Crippen LogP contribution in [0.4, 0.5) is 5.69 Å². The first-order valence-corrected chi connectivity index (χ1v) is 6.12. The third kappa shape index (κ3) is 2.22. The van der Waals surface area contributed by atoms with E-state index in [0.717, 1.165) is 28.0 Å². The van der Waals surface area contributed by atoms with Gasteiger partial charge in [-0.1, -0.05) is 18.2 Å². The number of hydrogen-bond acceptors (Lipinski definition) is 3. The molecule has 3 aromatic rings. The number of pyridine rings is 1. The van der Waals surface area contributed by atoms with E-state index in [1.54, 1.807) is 6.20 Å². The Morgan fingerprint density at radius 3 is 2.58 bits per heavy atom. The first-order chi connectivity index (χ1) is 9.24. The number of nitrogens with zero attached hydrogens (tertiary/aromatic N) is 1. The summed E-state index contributed by atoms with van der Waals surface area (Å²) in [6.07, 6.45) is 1.79. The van der Waals surface area contributed by atoms with Crippen LogP contribution < -0.4 is 10.5 Å². The van der Waals surface area contributed by atoms with Gasteiger partial charge in [-0.25, -0.2) is 0 Å². The Balaban J connectivity index is 2.13. The van der Waals surface area contributed by atoms with E-state index < -0.39 is 0 Å². The Kier molecular flexibility index (Phi) is 2.80. The van der Waals surface area contributed by atoms with Crippen molar-refractivity contribution in [2.75, 3.05) is 5.73 Å². The zero-order valence-corrected chi connectivity index (χ0v) is 10.6. The quantitative estimate of drug-likeness (QED) is 0.701. The van der Waals surface area contributed by atoms with Gasteiger partial charge in [0.05, 0.1) is 0 Å². The molecule has 0 aliphatic carbocycles. The third-order valence-electron chi connectivity index (χ3n) is 3.00. The molecule has 0 bridgehead atoms. The normalized spacial score (nSPS) is 10.6. The predicted molar refractivity (Wildman–Crippen MR) is 77.4 cm³/mol. The summed E-state index contributed by atoms with van der Waals surface area (Å²) in [5.74, 6) is 1.60. The largest absolute Gasteiger partial charge is 0.457 e. The fraction of sp³-hybridized carbons (Fsp3) is 0.0625. The van der Waals surface area contributed by atoms with Gasteiger partial charge in [-0.2, -0.15) is 0 Å². The summed E-state index contributed by atoms with van der Waals surface area (Å²) in [5.41, 5.74) is 7.62. The molecule has 19 heavy (non-hydrogen) atoms. The summed E-state index contributed by atoms with van der Waals surface area (Å²) < 4.78 is 5.92. The molecule has 0 amide bonds. The van der Waals surface area contributed by atoms with Gasteiger partial charge in [-0.3, -0.25) is 4.98 Å². The molecule has 0 saturated carbocycles. The molecule has 94 valence electrons. The maximum absolute atomic E-state index is 5.97. The molecular formula is C16H14N2O. The van der Waals surface area contributed by atoms with Gasteiger partial charge in [-0.05, 0) is 37.3 Å². The van der Waals surface area contributed by atoms with Gasteiger partial charge in [0.1, 0.15) is 11.5 Å². The molecule has 2 N–H and O–H groups in total. The van der Waals surface area contributed by atoms with Gasteiger partial charge >= 0.3 is 0 Å². The summed E-state index contributed by atoms with van der Waals surface area (Å²) in [4.78, 5) is 4.28. The number of nitrogen functional groups attached to an aromatic ring is 1. The van der Waals surface area contributed by atoms with Gasteiger partial charge in [-0.15, -0.1) is 0 Å². The minimum atomic E-state index is 0.711. The summed E-state index contributed by atoms with van der Waals surface area (Å²) in [5, 5.41) is 1.90. The average Bonchev–Trinajstić information content (AvgIpc) is 2.43. The van der Waals surface area contributed by atoms with Crippen molar-refractivity contribution in [3.05, 3.63) is 60.4 Å². The minimum absolute atomic E-state index is 0.711. The maximum Gasteiger partial charge on any atom is 0.135 e. The second-order valence-corrected chi connectivity index (χ2v) is 4.44. The number of anilines is 1. The van der Waals surface area contributed by atoms with Crippen molar-refractivity contribution in [1.29, 1.82) is 0 Å². The molecule has 0 unspecified atom stereocenters. The van der Waals surface area contributed by atoms with E-state index >= 15 is 0 Å². The topological polar surface area (TPSA) is 48.1 Å². The first kappa shape index (κ1) is 11.5. The van der Waals surface area contributed by atoms with Crippen LogP contribution in [-0.2, 0) is 0 Å². The number of fused-ring (bicyclic) bond motifs is 1. The van der Waals surface area contributed by atoms with Crippen LogP contribution in [0.1, 0.15) is 5.69 Å². The van der Waals surface area contributed by atoms with Crippen molar-refractivity contribution in [2.45, 2.75) is 6.92 Å². The van der Waals surface area contributed by atoms with Crippen molar-refractivity contribution < 1.29 is 4.74 Å². The molecule has 3 nitrogen and oxygen atoms in total. The highest BCUT2D eigenvalue weighted by Crippen LogP contribution is 2.33. The molecule has 0 aliphatic rings. The zero-order chi connectivity index (χ0) is 13.2. The number of benzene rings is 2. The standard InChI is InChI=1S/C16H14N2O/c1-11-9-13-14(10-18-11)15(17)7-8-16(13)19-12-5-3-2-4-6-12/h2-10H,17H2,1H3. The Bertz CT molecular complexity index is 723. The molecular weight excluding hydrogens is 236 g/mol. The van der Waals surface area contributed by atoms with E-state index in [1.807, 2.05) is 55.5 Å². The van der Waals surface area contributed by atoms with Crippen LogP contribution in [0.5, 0.6) is 11.5 Å². The average molecular weight is 250 g/mol. The van der Waals surface area contributed by atoms with Crippen LogP contribution >= 0.6 is 0 Å². The minimum Gasteiger partial charge on any atom is -0.457 e. The fourth-order valence-corrected chi connectivity index (χ4v) is 2.04. The van der Waals surface area contributed by atoms with Crippen LogP contribution in [-0.4, -0.2) is 4.98 Å². The molecule has 3 rings (SSSR count). The van der Waals surface area contributed by atoms with Crippen molar-refractivity contribution in [2.24, 2.45) is 0 Å². The first-order valence-electron chi connectivity index (χ1n) is 6.12. The molecule has 0 spiro atoms. The molecule has 1 heterocycles. The SMILES string of the molecule is Cc1cc2c(Oc3ccccc3)ccc(N)c2cn1. The van der Waals surface area contributed by atoms with Crippen LogP contribution in [0.15, 0.2) is 54.7 Å². The number of ether oxygens (including phenoxy) is 1. The van der Waals surface area contributed by atoms with Crippen LogP contribution in [0.3, 0.4) is 0 Å². The zero-order valence-electron chi connectivity index (χ0n) is 10.6. The van der Waals surface area contributed by atoms with E-state index in [0.29, 0.717) is 5.69 Å². The molecule has 0 atom stereocenters. The summed E-state index contributed by atoms with van der Waals surface area (Å²) in [6, 6.07) is 15.4. The monoisotopic (exact) mass is 250 g/mol. The highest BCUT2D eigenvalue weighted by molar-refractivity contribution is 5.96. The van der Waals surface area contributed by atoms with E-state index in [4.69, 9.17) is 10.5 Å². The molecule has 0 radical (unpaired) electrons. The van der Waals surface area contributed by atoms with Gasteiger partial charge in [0, 0.05) is 28.4 Å². The highest BCUT2D eigenvalue weighted by Gasteiger charge is 2.07. The van der Waals surface area contributed by atoms with E-state index in [1.165, 1.54) is 0 Å². The molecule has 1 aromatic heterocycles. The number of aryl methyl sites for hydroxylation is 1. The van der Waals surface area contributed by atoms with E-state index in [2.05, 4.69) is 4.98 Å². The predicted octanol–water partition coefficient (Wildman–Crippen LogP) is 3.92. The molecule has 0 fully saturated rings. The van der Waals surface area contributed by atoms with Gasteiger partial charge in [0.2, 0.25) is 0 Å². The summed E-state index contributed by atoms with van der Waals surface area (Å²) >= 11 is 0. The van der Waals surface area contributed by atoms with Gasteiger partial charge in [0.25, 0.3) is 0 Å². The van der Waals surface area contributed by atoms with Crippen LogP contribution in [0, 0.1) is 6.92 Å². The van der Waals surface area contributed by atoms with Crippen molar-refractivity contribution in [3.63, 3.8) is 0 Å². The summed E-state index contributed by atoms with van der Waals surface area (Å²) in [6.45, 7) is 1.95. The maximum atomic E-state index is 5.97. The number of rotatable bonds is 2. The Morgan fingerprint density at radius 2 is 1.79 bits per heavy atom. The Labute approximate surface area is 111 Å². The Morgan fingerprint density at radius 1 is 1.00 bits per heavy atom. The Hall–Kier alpha value is -2.55. The van der Waals surface area contributed by atoms with Crippen LogP contribution in [0.2, 0.25) is 0 Å². The second-order valence-electron chi connectivity index (χ2n) is 4.44. The smallest absolute Gasteiger partial charge is 0.135 e. The number of aromatic nitrogens is 1. The molecule has 0 aliphatic heterocycles. The van der Waals surface area contributed by atoms with Crippen molar-refractivity contribution >= 4 is 16.5 Å². The van der Waals surface area contributed by atoms with Crippen molar-refractivity contribution in [3.8, 4) is 11.5 Å². The lowest BCUT2D eigenvalue weighted by molar-refractivity contribution is 0.488. The fourth-order valence-electron chi connectivity index (χ4n) is 2.04. The number of nitrogens with two attached hydrogens (primary N) is 1. The van der Waals surface area contributed by atoms with Gasteiger partial charge < -0.3 is 10.5 Å². The summed E-state index contributed by atoms with van der Waals surface area (Å²) in [7, 11) is 0.